The number of hydrogen-bond acceptors (Lipinski definition) is 6. The van der Waals surface area contributed by atoms with Gasteiger partial charge >= 0.3 is 28.7 Å². The van der Waals surface area contributed by atoms with Crippen LogP contribution in [0.4, 0.5) is 0 Å². The largest absolute Gasteiger partial charge is 0.480 e. The summed E-state index contributed by atoms with van der Waals surface area (Å²) in [4.78, 5) is 19.2. The van der Waals surface area contributed by atoms with Gasteiger partial charge in [-0.3, -0.25) is 18.8 Å². The second-order valence-electron chi connectivity index (χ2n) is 3.60. The summed E-state index contributed by atoms with van der Waals surface area (Å²) >= 11 is -5.29. The quantitative estimate of drug-likeness (QED) is 0.493. The SMILES string of the molecule is CN(C)C(Cc1cnc[nH]1)C(=O)O.O=S(O)OS(=O)O. The number of carbonyl (C=O) groups is 1. The number of carboxylic acids is 1. The van der Waals surface area contributed by atoms with Gasteiger partial charge in [0.25, 0.3) is 0 Å². The first-order chi connectivity index (χ1) is 9.23. The Bertz CT molecular complexity index is 439. The molecular weight excluding hydrogens is 314 g/mol. The van der Waals surface area contributed by atoms with Crippen molar-refractivity contribution < 1.29 is 31.1 Å². The van der Waals surface area contributed by atoms with E-state index in [0.29, 0.717) is 6.42 Å². The van der Waals surface area contributed by atoms with Crippen molar-refractivity contribution in [2.45, 2.75) is 12.5 Å². The molecule has 0 aromatic carbocycles. The van der Waals surface area contributed by atoms with Crippen LogP contribution in [0.1, 0.15) is 5.69 Å². The number of aromatic nitrogens is 2. The van der Waals surface area contributed by atoms with Crippen molar-refractivity contribution in [1.29, 1.82) is 0 Å². The van der Waals surface area contributed by atoms with E-state index in [1.54, 1.807) is 31.5 Å². The third-order valence-electron chi connectivity index (χ3n) is 1.99. The van der Waals surface area contributed by atoms with Crippen LogP contribution in [0, 0.1) is 0 Å². The fourth-order valence-corrected chi connectivity index (χ4v) is 1.54. The number of rotatable bonds is 6. The van der Waals surface area contributed by atoms with Gasteiger partial charge in [0, 0.05) is 18.3 Å². The Morgan fingerprint density at radius 2 is 2.00 bits per heavy atom. The molecule has 0 amide bonds. The zero-order valence-electron chi connectivity index (χ0n) is 10.6. The van der Waals surface area contributed by atoms with Crippen molar-refractivity contribution in [3.8, 4) is 0 Å². The molecule has 0 aliphatic heterocycles. The minimum Gasteiger partial charge on any atom is -0.480 e. The molecule has 12 heteroatoms. The van der Waals surface area contributed by atoms with Crippen LogP contribution in [0.5, 0.6) is 0 Å². The number of aromatic amines is 1. The summed E-state index contributed by atoms with van der Waals surface area (Å²) in [7, 11) is 3.49. The number of H-pyrrole nitrogens is 1. The van der Waals surface area contributed by atoms with Gasteiger partial charge in [0.1, 0.15) is 6.04 Å². The molecule has 0 fully saturated rings. The molecule has 0 spiro atoms. The first-order valence-corrected chi connectivity index (χ1v) is 7.07. The maximum atomic E-state index is 10.8. The lowest BCUT2D eigenvalue weighted by atomic mass is 10.1. The number of hydrogen-bond donors (Lipinski definition) is 4. The topological polar surface area (TPSA) is 153 Å². The highest BCUT2D eigenvalue weighted by molar-refractivity contribution is 7.87. The number of nitrogens with zero attached hydrogens (tertiary/aromatic N) is 2. The number of carboxylic acid groups (broad SMARTS) is 1. The molecule has 1 aromatic rings. The molecule has 10 nitrogen and oxygen atoms in total. The van der Waals surface area contributed by atoms with Crippen molar-refractivity contribution in [2.75, 3.05) is 14.1 Å². The van der Waals surface area contributed by atoms with E-state index in [0.717, 1.165) is 5.69 Å². The number of imidazole rings is 1. The Morgan fingerprint density at radius 3 is 2.25 bits per heavy atom. The summed E-state index contributed by atoms with van der Waals surface area (Å²) in [5, 5.41) is 8.87. The van der Waals surface area contributed by atoms with Crippen LogP contribution in [0.15, 0.2) is 12.5 Å². The molecule has 20 heavy (non-hydrogen) atoms. The monoisotopic (exact) mass is 329 g/mol. The summed E-state index contributed by atoms with van der Waals surface area (Å²) in [6, 6.07) is -0.500. The van der Waals surface area contributed by atoms with Gasteiger partial charge in [-0.2, -0.15) is 8.42 Å². The van der Waals surface area contributed by atoms with Crippen LogP contribution < -0.4 is 0 Å². The molecule has 1 rings (SSSR count). The Morgan fingerprint density at radius 1 is 1.45 bits per heavy atom. The van der Waals surface area contributed by atoms with Gasteiger partial charge in [-0.15, -0.1) is 3.63 Å². The third-order valence-corrected chi connectivity index (χ3v) is 2.92. The highest BCUT2D eigenvalue weighted by atomic mass is 32.3. The van der Waals surface area contributed by atoms with E-state index in [4.69, 9.17) is 14.2 Å². The lowest BCUT2D eigenvalue weighted by molar-refractivity contribution is -0.142. The van der Waals surface area contributed by atoms with Crippen molar-refractivity contribution in [2.24, 2.45) is 0 Å². The van der Waals surface area contributed by atoms with Crippen molar-refractivity contribution in [1.82, 2.24) is 14.9 Å². The van der Waals surface area contributed by atoms with E-state index in [1.807, 2.05) is 0 Å². The molecule has 0 saturated heterocycles. The highest BCUT2D eigenvalue weighted by Crippen LogP contribution is 2.03. The molecule has 0 aliphatic rings. The van der Waals surface area contributed by atoms with E-state index in [2.05, 4.69) is 13.6 Å². The zero-order chi connectivity index (χ0) is 15.7. The van der Waals surface area contributed by atoms with Crippen LogP contribution in [0.3, 0.4) is 0 Å². The average molecular weight is 329 g/mol. The predicted molar refractivity (Wildman–Crippen MR) is 70.0 cm³/mol. The standard InChI is InChI=1S/C8H13N3O2.H2O5S2/c1-11(2)7(8(12)13)3-6-4-9-5-10-6;1-6(2)5-7(3)4/h4-5,7H,3H2,1-2H3,(H,9,10)(H,12,13);(H,1,2)(H,3,4). The normalized spacial score (nSPS) is 15.1. The molecular formula is C8H15N3O7S2. The minimum atomic E-state index is -2.65. The second-order valence-corrected chi connectivity index (χ2v) is 5.01. The van der Waals surface area contributed by atoms with E-state index in [1.165, 1.54) is 0 Å². The molecule has 0 saturated carbocycles. The van der Waals surface area contributed by atoms with Crippen molar-refractivity contribution in [3.05, 3.63) is 18.2 Å². The third kappa shape index (κ3) is 8.84. The second kappa shape index (κ2) is 9.68. The van der Waals surface area contributed by atoms with Gasteiger partial charge in [0.15, 0.2) is 0 Å². The lowest BCUT2D eigenvalue weighted by Crippen LogP contribution is -2.37. The summed E-state index contributed by atoms with van der Waals surface area (Å²) in [5.74, 6) is -0.820. The van der Waals surface area contributed by atoms with Gasteiger partial charge in [-0.25, -0.2) is 4.98 Å². The molecule has 0 bridgehead atoms. The predicted octanol–water partition coefficient (Wildman–Crippen LogP) is -0.757. The smallest absolute Gasteiger partial charge is 0.321 e. The fraction of sp³-hybridized carbons (Fsp3) is 0.500. The first-order valence-electron chi connectivity index (χ1n) is 5.01. The Hall–Kier alpha value is -1.18. The lowest BCUT2D eigenvalue weighted by Gasteiger charge is -2.18. The summed E-state index contributed by atoms with van der Waals surface area (Å²) in [6.45, 7) is 0. The Kier molecular flexibility index (Phi) is 9.11. The molecule has 0 radical (unpaired) electrons. The van der Waals surface area contributed by atoms with Gasteiger partial charge in [0.2, 0.25) is 0 Å². The number of aliphatic carboxylic acids is 1. The average Bonchev–Trinajstić information content (AvgIpc) is 2.76. The van der Waals surface area contributed by atoms with Crippen LogP contribution >= 0.6 is 0 Å². The molecule has 1 atom stereocenters. The van der Waals surface area contributed by atoms with E-state index < -0.39 is 34.7 Å². The molecule has 1 unspecified atom stereocenters. The van der Waals surface area contributed by atoms with Crippen molar-refractivity contribution in [3.63, 3.8) is 0 Å². The Labute approximate surface area is 120 Å². The Balaban J connectivity index is 0.000000441. The first kappa shape index (κ1) is 18.8. The molecule has 1 heterocycles. The maximum absolute atomic E-state index is 10.8. The van der Waals surface area contributed by atoms with Gasteiger partial charge in [0.05, 0.1) is 6.33 Å². The summed E-state index contributed by atoms with van der Waals surface area (Å²) in [5.41, 5.74) is 0.834. The summed E-state index contributed by atoms with van der Waals surface area (Å²) < 4.78 is 37.2. The van der Waals surface area contributed by atoms with Crippen LogP contribution in [0.25, 0.3) is 0 Å². The van der Waals surface area contributed by atoms with Crippen LogP contribution in [-0.2, 0) is 37.6 Å². The van der Waals surface area contributed by atoms with Crippen molar-refractivity contribution >= 4 is 28.7 Å². The van der Waals surface area contributed by atoms with E-state index in [-0.39, 0.29) is 0 Å². The van der Waals surface area contributed by atoms with Gasteiger partial charge in [-0.05, 0) is 14.1 Å². The number of nitrogens with one attached hydrogen (secondary N) is 1. The zero-order valence-corrected chi connectivity index (χ0v) is 12.3. The van der Waals surface area contributed by atoms with E-state index in [9.17, 15) is 13.2 Å². The molecule has 4 N–H and O–H groups in total. The molecule has 0 aliphatic carbocycles. The summed E-state index contributed by atoms with van der Waals surface area (Å²) in [6.07, 6.45) is 3.63. The van der Waals surface area contributed by atoms with Crippen LogP contribution in [0.2, 0.25) is 0 Å². The fourth-order valence-electron chi connectivity index (χ4n) is 1.15. The van der Waals surface area contributed by atoms with Gasteiger partial charge in [-0.1, -0.05) is 0 Å². The van der Waals surface area contributed by atoms with E-state index >= 15 is 0 Å². The highest BCUT2D eigenvalue weighted by Gasteiger charge is 2.20. The molecule has 116 valence electrons. The number of likely N-dealkylation sites (N-methyl/N-ethyl adjacent to an activating group) is 1. The van der Waals surface area contributed by atoms with Gasteiger partial charge < -0.3 is 10.1 Å². The minimum absolute atomic E-state index is 0.447. The molecule has 1 aromatic heterocycles. The van der Waals surface area contributed by atoms with Crippen LogP contribution in [-0.4, -0.2) is 63.6 Å². The maximum Gasteiger partial charge on any atom is 0.321 e.